The molecular formula is C29H26F3NO3. The quantitative estimate of drug-likeness (QED) is 0.299. The number of alkyl halides is 3. The smallest absolute Gasteiger partial charge is 0.416 e. The van der Waals surface area contributed by atoms with E-state index in [0.717, 1.165) is 28.8 Å². The number of ketones is 1. The van der Waals surface area contributed by atoms with Crippen molar-refractivity contribution in [2.45, 2.75) is 32.6 Å². The number of halogens is 3. The third kappa shape index (κ3) is 5.57. The minimum Gasteiger partial charge on any atom is -0.481 e. The van der Waals surface area contributed by atoms with Gasteiger partial charge in [-0.2, -0.15) is 13.2 Å². The predicted octanol–water partition coefficient (Wildman–Crippen LogP) is 6.56. The zero-order valence-corrected chi connectivity index (χ0v) is 19.9. The van der Waals surface area contributed by atoms with E-state index in [1.807, 2.05) is 43.3 Å². The molecule has 1 aliphatic heterocycles. The van der Waals surface area contributed by atoms with Crippen molar-refractivity contribution in [2.24, 2.45) is 5.92 Å². The number of carbonyl (C=O) groups is 2. The summed E-state index contributed by atoms with van der Waals surface area (Å²) in [6.07, 6.45) is -3.09. The van der Waals surface area contributed by atoms with Gasteiger partial charge in [-0.05, 0) is 59.9 Å². The fourth-order valence-corrected chi connectivity index (χ4v) is 4.35. The number of aliphatic carboxylic acids is 1. The van der Waals surface area contributed by atoms with Crippen molar-refractivity contribution in [2.75, 3.05) is 6.54 Å². The molecule has 186 valence electrons. The number of hydrogen-bond acceptors (Lipinski definition) is 3. The zero-order valence-electron chi connectivity index (χ0n) is 19.9. The van der Waals surface area contributed by atoms with Crippen molar-refractivity contribution in [1.29, 1.82) is 0 Å². The third-order valence-electron chi connectivity index (χ3n) is 6.74. The average molecular weight is 494 g/mol. The van der Waals surface area contributed by atoms with E-state index in [2.05, 4.69) is 4.90 Å². The van der Waals surface area contributed by atoms with Crippen LogP contribution in [-0.4, -0.2) is 34.3 Å². The first-order chi connectivity index (χ1) is 17.0. The first kappa shape index (κ1) is 25.4. The molecule has 0 spiro atoms. The van der Waals surface area contributed by atoms with E-state index < -0.39 is 17.7 Å². The number of benzene rings is 3. The molecule has 0 saturated carbocycles. The Morgan fingerprint density at radius 3 is 2.14 bits per heavy atom. The van der Waals surface area contributed by atoms with Crippen molar-refractivity contribution >= 4 is 17.3 Å². The fourth-order valence-electron chi connectivity index (χ4n) is 4.35. The molecule has 4 nitrogen and oxygen atoms in total. The molecule has 3 aromatic rings. The van der Waals surface area contributed by atoms with Gasteiger partial charge in [0.25, 0.3) is 0 Å². The molecule has 0 aromatic heterocycles. The fraction of sp³-hybridized carbons (Fsp3) is 0.241. The molecule has 1 aliphatic rings. The van der Waals surface area contributed by atoms with Crippen molar-refractivity contribution in [1.82, 2.24) is 4.90 Å². The summed E-state index contributed by atoms with van der Waals surface area (Å²) >= 11 is 0. The van der Waals surface area contributed by atoms with E-state index in [0.29, 0.717) is 29.8 Å². The molecule has 2 atom stereocenters. The van der Waals surface area contributed by atoms with Crippen LogP contribution in [0.2, 0.25) is 0 Å². The molecular weight excluding hydrogens is 467 g/mol. The highest BCUT2D eigenvalue weighted by Crippen LogP contribution is 2.31. The molecule has 1 heterocycles. The first-order valence-corrected chi connectivity index (χ1v) is 11.6. The third-order valence-corrected chi connectivity index (χ3v) is 6.74. The van der Waals surface area contributed by atoms with Crippen molar-refractivity contribution in [3.05, 3.63) is 101 Å². The van der Waals surface area contributed by atoms with Gasteiger partial charge < -0.3 is 5.11 Å². The van der Waals surface area contributed by atoms with Crippen molar-refractivity contribution < 1.29 is 27.9 Å². The van der Waals surface area contributed by atoms with Crippen molar-refractivity contribution in [3.8, 4) is 11.1 Å². The van der Waals surface area contributed by atoms with E-state index in [4.69, 9.17) is 5.11 Å². The lowest BCUT2D eigenvalue weighted by molar-refractivity contribution is -0.152. The van der Waals surface area contributed by atoms with Crippen LogP contribution in [0, 0.1) is 5.92 Å². The molecule has 1 N–H and O–H groups in total. The summed E-state index contributed by atoms with van der Waals surface area (Å²) in [5.74, 6) is -1.35. The predicted molar refractivity (Wildman–Crippen MR) is 132 cm³/mol. The molecule has 7 heteroatoms. The van der Waals surface area contributed by atoms with E-state index in [1.54, 1.807) is 25.1 Å². The van der Waals surface area contributed by atoms with E-state index in [9.17, 15) is 22.8 Å². The maximum Gasteiger partial charge on any atom is 0.416 e. The lowest BCUT2D eigenvalue weighted by Gasteiger charge is -2.44. The molecule has 0 bridgehead atoms. The number of nitrogens with zero attached hydrogens (tertiary/aromatic N) is 1. The van der Waals surface area contributed by atoms with Gasteiger partial charge in [0.1, 0.15) is 0 Å². The average Bonchev–Trinajstić information content (AvgIpc) is 2.85. The minimum atomic E-state index is -4.44. The number of likely N-dealkylation sites (tertiary alicyclic amines) is 1. The second kappa shape index (κ2) is 10.1. The topological polar surface area (TPSA) is 57.6 Å². The summed E-state index contributed by atoms with van der Waals surface area (Å²) in [5, 5.41) is 9.15. The van der Waals surface area contributed by atoms with Gasteiger partial charge in [-0.1, -0.05) is 60.7 Å². The normalized spacial score (nSPS) is 18.5. The summed E-state index contributed by atoms with van der Waals surface area (Å²) in [5.41, 5.74) is 3.50. The number of carbonyl (C=O) groups excluding carboxylic acids is 1. The van der Waals surface area contributed by atoms with Crippen LogP contribution < -0.4 is 0 Å². The number of hydrogen-bond donors (Lipinski definition) is 1. The van der Waals surface area contributed by atoms with Crippen LogP contribution in [0.25, 0.3) is 16.7 Å². The SMILES string of the molecule is CC(=CC(=O)c1ccc(-c2ccc(CN3CC(C(=O)O)C3C)cc2)cc1)c1cccc(C(F)(F)F)c1. The summed E-state index contributed by atoms with van der Waals surface area (Å²) in [6.45, 7) is 4.79. The van der Waals surface area contributed by atoms with Gasteiger partial charge in [0.2, 0.25) is 0 Å². The van der Waals surface area contributed by atoms with Gasteiger partial charge in [-0.3, -0.25) is 14.5 Å². The highest BCUT2D eigenvalue weighted by atomic mass is 19.4. The molecule has 0 radical (unpaired) electrons. The Balaban J connectivity index is 1.41. The molecule has 3 aromatic carbocycles. The molecule has 36 heavy (non-hydrogen) atoms. The Morgan fingerprint density at radius 2 is 1.58 bits per heavy atom. The van der Waals surface area contributed by atoms with E-state index in [-0.39, 0.29) is 17.7 Å². The maximum atomic E-state index is 13.0. The monoisotopic (exact) mass is 493 g/mol. The summed E-state index contributed by atoms with van der Waals surface area (Å²) < 4.78 is 38.9. The summed E-state index contributed by atoms with van der Waals surface area (Å²) in [4.78, 5) is 26.0. The largest absolute Gasteiger partial charge is 0.481 e. The van der Waals surface area contributed by atoms with Gasteiger partial charge >= 0.3 is 12.1 Å². The molecule has 0 amide bonds. The van der Waals surface area contributed by atoms with Gasteiger partial charge in [0.05, 0.1) is 11.5 Å². The first-order valence-electron chi connectivity index (χ1n) is 11.6. The Kier molecular flexibility index (Phi) is 7.13. The second-order valence-electron chi connectivity index (χ2n) is 9.16. The van der Waals surface area contributed by atoms with Crippen LogP contribution >= 0.6 is 0 Å². The molecule has 1 saturated heterocycles. The van der Waals surface area contributed by atoms with Crippen LogP contribution in [0.1, 0.15) is 40.9 Å². The highest BCUT2D eigenvalue weighted by molar-refractivity contribution is 6.08. The van der Waals surface area contributed by atoms with Gasteiger partial charge in [0, 0.05) is 24.7 Å². The van der Waals surface area contributed by atoms with Gasteiger partial charge in [-0.15, -0.1) is 0 Å². The molecule has 0 aliphatic carbocycles. The van der Waals surface area contributed by atoms with Crippen LogP contribution in [0.15, 0.2) is 78.9 Å². The Bertz CT molecular complexity index is 1290. The number of carboxylic acid groups (broad SMARTS) is 1. The Labute approximate surface area is 207 Å². The zero-order chi connectivity index (χ0) is 26.0. The summed E-state index contributed by atoms with van der Waals surface area (Å²) in [6, 6.07) is 20.0. The standard InChI is InChI=1S/C29H26F3NO3/c1-18(24-4-3-5-25(15-24)29(30,31)32)14-27(34)23-12-10-22(11-13-23)21-8-6-20(7-9-21)16-33-17-26(19(33)2)28(35)36/h3-15,19,26H,16-17H2,1-2H3,(H,35,36). The maximum absolute atomic E-state index is 13.0. The van der Waals surface area contributed by atoms with Gasteiger partial charge in [0.15, 0.2) is 5.78 Å². The highest BCUT2D eigenvalue weighted by Gasteiger charge is 2.40. The van der Waals surface area contributed by atoms with Crippen LogP contribution in [0.3, 0.4) is 0 Å². The van der Waals surface area contributed by atoms with E-state index >= 15 is 0 Å². The molecule has 4 rings (SSSR count). The molecule has 1 fully saturated rings. The van der Waals surface area contributed by atoms with Crippen LogP contribution in [-0.2, 0) is 17.5 Å². The lowest BCUT2D eigenvalue weighted by atomic mass is 9.89. The molecule has 2 unspecified atom stereocenters. The minimum absolute atomic E-state index is 0.0125. The number of rotatable bonds is 7. The summed E-state index contributed by atoms with van der Waals surface area (Å²) in [7, 11) is 0. The van der Waals surface area contributed by atoms with Crippen molar-refractivity contribution in [3.63, 3.8) is 0 Å². The van der Waals surface area contributed by atoms with E-state index in [1.165, 1.54) is 12.1 Å². The number of allylic oxidation sites excluding steroid dienone is 2. The van der Waals surface area contributed by atoms with Crippen LogP contribution in [0.5, 0.6) is 0 Å². The van der Waals surface area contributed by atoms with Crippen LogP contribution in [0.4, 0.5) is 13.2 Å². The second-order valence-corrected chi connectivity index (χ2v) is 9.16. The Hall–Kier alpha value is -3.71. The lowest BCUT2D eigenvalue weighted by Crippen LogP contribution is -2.56. The number of carboxylic acids is 1. The van der Waals surface area contributed by atoms with Gasteiger partial charge in [-0.25, -0.2) is 0 Å². The Morgan fingerprint density at radius 1 is 0.972 bits per heavy atom.